The largest absolute Gasteiger partial charge is 0.344 e. The first-order valence-corrected chi connectivity index (χ1v) is 8.54. The van der Waals surface area contributed by atoms with Crippen LogP contribution in [0, 0.1) is 5.82 Å². The molecule has 3 rings (SSSR count). The van der Waals surface area contributed by atoms with Crippen LogP contribution in [0.15, 0.2) is 18.2 Å². The second kappa shape index (κ2) is 6.89. The van der Waals surface area contributed by atoms with E-state index in [-0.39, 0.29) is 5.82 Å². The second-order valence-electron chi connectivity index (χ2n) is 5.35. The lowest BCUT2D eigenvalue weighted by atomic mass is 10.2. The zero-order valence-electron chi connectivity index (χ0n) is 12.4. The van der Waals surface area contributed by atoms with Gasteiger partial charge in [-0.2, -0.15) is 4.37 Å². The van der Waals surface area contributed by atoms with Crippen molar-refractivity contribution in [3.05, 3.63) is 40.4 Å². The number of rotatable bonds is 4. The SMILES string of the molecule is CCc1nsc(N2CCN(Cc3ccc(F)cc3Cl)CC2)n1. The van der Waals surface area contributed by atoms with Crippen molar-refractivity contribution in [1.29, 1.82) is 0 Å². The molecule has 0 atom stereocenters. The third kappa shape index (κ3) is 3.56. The Bertz CT molecular complexity index is 640. The number of aromatic nitrogens is 2. The van der Waals surface area contributed by atoms with Gasteiger partial charge in [-0.05, 0) is 17.7 Å². The predicted octanol–water partition coefficient (Wildman–Crippen LogP) is 3.22. The highest BCUT2D eigenvalue weighted by Crippen LogP contribution is 2.22. The number of nitrogens with zero attached hydrogens (tertiary/aromatic N) is 4. The summed E-state index contributed by atoms with van der Waals surface area (Å²) in [4.78, 5) is 9.15. The standard InChI is InChI=1S/C15H18ClFN4S/c1-2-14-18-15(22-19-14)21-7-5-20(6-8-21)10-11-3-4-12(17)9-13(11)16/h3-4,9H,2,5-8,10H2,1H3. The van der Waals surface area contributed by atoms with Gasteiger partial charge in [0.25, 0.3) is 0 Å². The average molecular weight is 341 g/mol. The number of benzene rings is 1. The third-order valence-corrected chi connectivity index (χ3v) is 4.99. The normalized spacial score (nSPS) is 16.2. The highest BCUT2D eigenvalue weighted by molar-refractivity contribution is 7.09. The van der Waals surface area contributed by atoms with Crippen molar-refractivity contribution >= 4 is 28.3 Å². The highest BCUT2D eigenvalue weighted by atomic mass is 35.5. The zero-order chi connectivity index (χ0) is 15.5. The Labute approximate surface area is 138 Å². The van der Waals surface area contributed by atoms with E-state index in [4.69, 9.17) is 11.6 Å². The molecule has 0 aliphatic carbocycles. The summed E-state index contributed by atoms with van der Waals surface area (Å²) in [7, 11) is 0. The number of halogens is 2. The van der Waals surface area contributed by atoms with E-state index < -0.39 is 0 Å². The maximum absolute atomic E-state index is 13.1. The molecule has 1 aromatic heterocycles. The van der Waals surface area contributed by atoms with E-state index in [1.807, 2.05) is 0 Å². The van der Waals surface area contributed by atoms with Gasteiger partial charge < -0.3 is 4.90 Å². The minimum absolute atomic E-state index is 0.290. The summed E-state index contributed by atoms with van der Waals surface area (Å²) in [5.74, 6) is 0.627. The molecule has 118 valence electrons. The van der Waals surface area contributed by atoms with Gasteiger partial charge in [-0.15, -0.1) is 0 Å². The molecule has 0 unspecified atom stereocenters. The van der Waals surface area contributed by atoms with Crippen molar-refractivity contribution in [2.75, 3.05) is 31.1 Å². The molecule has 0 bridgehead atoms. The summed E-state index contributed by atoms with van der Waals surface area (Å²) >= 11 is 7.57. The van der Waals surface area contributed by atoms with Crippen LogP contribution in [0.25, 0.3) is 0 Å². The van der Waals surface area contributed by atoms with Crippen molar-refractivity contribution in [3.63, 3.8) is 0 Å². The lowest BCUT2D eigenvalue weighted by molar-refractivity contribution is 0.250. The smallest absolute Gasteiger partial charge is 0.205 e. The van der Waals surface area contributed by atoms with Crippen molar-refractivity contribution in [2.24, 2.45) is 0 Å². The Morgan fingerprint density at radius 2 is 2.05 bits per heavy atom. The van der Waals surface area contributed by atoms with Crippen LogP contribution in [0.2, 0.25) is 5.02 Å². The summed E-state index contributed by atoms with van der Waals surface area (Å²) < 4.78 is 17.4. The zero-order valence-corrected chi connectivity index (χ0v) is 14.0. The van der Waals surface area contributed by atoms with Crippen LogP contribution < -0.4 is 4.90 Å². The molecule has 7 heteroatoms. The summed E-state index contributed by atoms with van der Waals surface area (Å²) in [5, 5.41) is 1.51. The van der Waals surface area contributed by atoms with Crippen molar-refractivity contribution in [2.45, 2.75) is 19.9 Å². The first kappa shape index (κ1) is 15.6. The van der Waals surface area contributed by atoms with Crippen LogP contribution in [-0.4, -0.2) is 40.4 Å². The van der Waals surface area contributed by atoms with Gasteiger partial charge in [0, 0.05) is 55.7 Å². The van der Waals surface area contributed by atoms with Crippen LogP contribution in [0.3, 0.4) is 0 Å². The average Bonchev–Trinajstić information content (AvgIpc) is 3.00. The molecular weight excluding hydrogens is 323 g/mol. The maximum Gasteiger partial charge on any atom is 0.205 e. The molecule has 1 fully saturated rings. The molecule has 4 nitrogen and oxygen atoms in total. The molecule has 2 aromatic rings. The summed E-state index contributed by atoms with van der Waals surface area (Å²) in [5.41, 5.74) is 0.973. The second-order valence-corrected chi connectivity index (χ2v) is 6.48. The van der Waals surface area contributed by atoms with Gasteiger partial charge >= 0.3 is 0 Å². The van der Waals surface area contributed by atoms with Gasteiger partial charge in [-0.25, -0.2) is 9.37 Å². The maximum atomic E-state index is 13.1. The van der Waals surface area contributed by atoms with Crippen LogP contribution >= 0.6 is 23.1 Å². The Morgan fingerprint density at radius 3 is 2.68 bits per heavy atom. The Hall–Kier alpha value is -1.24. The monoisotopic (exact) mass is 340 g/mol. The number of aryl methyl sites for hydroxylation is 1. The fourth-order valence-electron chi connectivity index (χ4n) is 2.50. The molecule has 0 spiro atoms. The molecule has 1 saturated heterocycles. The molecule has 1 aliphatic heterocycles. The third-order valence-electron chi connectivity index (χ3n) is 3.83. The van der Waals surface area contributed by atoms with E-state index in [1.165, 1.54) is 23.7 Å². The summed E-state index contributed by atoms with van der Waals surface area (Å²) in [6, 6.07) is 4.61. The van der Waals surface area contributed by atoms with Crippen LogP contribution in [-0.2, 0) is 13.0 Å². The number of piperazine rings is 1. The highest BCUT2D eigenvalue weighted by Gasteiger charge is 2.20. The minimum Gasteiger partial charge on any atom is -0.344 e. The number of hydrogen-bond acceptors (Lipinski definition) is 5. The Balaban J connectivity index is 1.57. The van der Waals surface area contributed by atoms with Gasteiger partial charge in [-0.3, -0.25) is 4.90 Å². The van der Waals surface area contributed by atoms with Gasteiger partial charge in [0.15, 0.2) is 0 Å². The van der Waals surface area contributed by atoms with Gasteiger partial charge in [0.1, 0.15) is 11.6 Å². The van der Waals surface area contributed by atoms with Gasteiger partial charge in [-0.1, -0.05) is 24.6 Å². The van der Waals surface area contributed by atoms with E-state index in [2.05, 4.69) is 26.1 Å². The first-order chi connectivity index (χ1) is 10.7. The van der Waals surface area contributed by atoms with Crippen molar-refractivity contribution < 1.29 is 4.39 Å². The van der Waals surface area contributed by atoms with Gasteiger partial charge in [0.05, 0.1) is 0 Å². The number of anilines is 1. The van der Waals surface area contributed by atoms with E-state index in [9.17, 15) is 4.39 Å². The molecule has 22 heavy (non-hydrogen) atoms. The molecule has 0 saturated carbocycles. The lowest BCUT2D eigenvalue weighted by Crippen LogP contribution is -2.46. The molecule has 0 N–H and O–H groups in total. The molecule has 0 amide bonds. The minimum atomic E-state index is -0.290. The molecular formula is C15H18ClFN4S. The lowest BCUT2D eigenvalue weighted by Gasteiger charge is -2.34. The Morgan fingerprint density at radius 1 is 1.27 bits per heavy atom. The first-order valence-electron chi connectivity index (χ1n) is 7.39. The molecule has 1 aliphatic rings. The Kier molecular flexibility index (Phi) is 4.90. The van der Waals surface area contributed by atoms with Crippen LogP contribution in [0.5, 0.6) is 0 Å². The van der Waals surface area contributed by atoms with Crippen molar-refractivity contribution in [3.8, 4) is 0 Å². The molecule has 1 aromatic carbocycles. The molecule has 2 heterocycles. The fourth-order valence-corrected chi connectivity index (χ4v) is 3.53. The summed E-state index contributed by atoms with van der Waals surface area (Å²) in [6.45, 7) is 6.55. The van der Waals surface area contributed by atoms with E-state index in [1.54, 1.807) is 6.07 Å². The topological polar surface area (TPSA) is 32.3 Å². The van der Waals surface area contributed by atoms with Crippen molar-refractivity contribution in [1.82, 2.24) is 14.3 Å². The fraction of sp³-hybridized carbons (Fsp3) is 0.467. The van der Waals surface area contributed by atoms with Crippen LogP contribution in [0.1, 0.15) is 18.3 Å². The quantitative estimate of drug-likeness (QED) is 0.855. The van der Waals surface area contributed by atoms with Gasteiger partial charge in [0.2, 0.25) is 5.13 Å². The predicted molar refractivity (Wildman–Crippen MR) is 88.2 cm³/mol. The van der Waals surface area contributed by atoms with E-state index in [0.29, 0.717) is 5.02 Å². The van der Waals surface area contributed by atoms with E-state index in [0.717, 1.165) is 55.7 Å². The molecule has 0 radical (unpaired) electrons. The number of hydrogen-bond donors (Lipinski definition) is 0. The summed E-state index contributed by atoms with van der Waals surface area (Å²) in [6.07, 6.45) is 0.875. The van der Waals surface area contributed by atoms with E-state index >= 15 is 0 Å². The van der Waals surface area contributed by atoms with Crippen LogP contribution in [0.4, 0.5) is 9.52 Å².